The number of carboxylic acids is 1. The summed E-state index contributed by atoms with van der Waals surface area (Å²) < 4.78 is 0. The van der Waals surface area contributed by atoms with Crippen LogP contribution in [-0.4, -0.2) is 33.7 Å². The highest BCUT2D eigenvalue weighted by atomic mass is 35.5. The molecule has 0 radical (unpaired) electrons. The first kappa shape index (κ1) is 19.6. The Kier molecular flexibility index (Phi) is 6.30. The van der Waals surface area contributed by atoms with Crippen LogP contribution in [0, 0.1) is 5.41 Å². The second kappa shape index (κ2) is 7.40. The fraction of sp³-hybridized carbons (Fsp3) is 0.500. The monoisotopic (exact) mass is 342 g/mol. The molecule has 0 amide bonds. The van der Waals surface area contributed by atoms with Gasteiger partial charge in [-0.15, -0.1) is 0 Å². The average Bonchev–Trinajstić information content (AvgIpc) is 2.48. The van der Waals surface area contributed by atoms with E-state index in [0.717, 1.165) is 5.56 Å². The van der Waals surface area contributed by atoms with Crippen LogP contribution in [0.3, 0.4) is 0 Å². The van der Waals surface area contributed by atoms with Gasteiger partial charge in [-0.2, -0.15) is 0 Å². The van der Waals surface area contributed by atoms with Gasteiger partial charge in [0.15, 0.2) is 0 Å². The Bertz CT molecular complexity index is 570. The minimum absolute atomic E-state index is 0.207. The third-order valence-corrected chi connectivity index (χ3v) is 4.35. The molecule has 1 aromatic carbocycles. The van der Waals surface area contributed by atoms with Gasteiger partial charge < -0.3 is 15.9 Å². The lowest BCUT2D eigenvalue weighted by Crippen LogP contribution is -2.67. The summed E-state index contributed by atoms with van der Waals surface area (Å²) in [4.78, 5) is 23.3. The van der Waals surface area contributed by atoms with Crippen LogP contribution in [0.15, 0.2) is 24.3 Å². The Morgan fingerprint density at radius 2 is 1.78 bits per heavy atom. The Labute approximate surface area is 140 Å². The van der Waals surface area contributed by atoms with E-state index in [1.54, 1.807) is 12.1 Å². The van der Waals surface area contributed by atoms with Gasteiger partial charge in [-0.25, -0.2) is 4.79 Å². The van der Waals surface area contributed by atoms with Crippen molar-refractivity contribution in [2.45, 2.75) is 44.9 Å². The molecule has 128 valence electrons. The number of Topliss-reactive ketones (excluding diaryl/α,β-unsaturated/α-hetero) is 1. The van der Waals surface area contributed by atoms with E-state index in [2.05, 4.69) is 0 Å². The molecule has 1 unspecified atom stereocenters. The molecule has 0 bridgehead atoms. The maximum Gasteiger partial charge on any atom is 0.352 e. The third kappa shape index (κ3) is 4.75. The lowest BCUT2D eigenvalue weighted by atomic mass is 9.74. The van der Waals surface area contributed by atoms with Crippen molar-refractivity contribution < 1.29 is 19.8 Å². The lowest BCUT2D eigenvalue weighted by molar-refractivity contribution is -0.165. The van der Waals surface area contributed by atoms with E-state index in [4.69, 9.17) is 28.2 Å². The zero-order valence-corrected chi connectivity index (χ0v) is 14.0. The smallest absolute Gasteiger partial charge is 0.352 e. The van der Waals surface area contributed by atoms with E-state index in [1.807, 2.05) is 12.1 Å². The maximum absolute atomic E-state index is 12.4. The van der Waals surface area contributed by atoms with Gasteiger partial charge in [0, 0.05) is 16.9 Å². The molecular weight excluding hydrogens is 320 g/mol. The van der Waals surface area contributed by atoms with E-state index in [-0.39, 0.29) is 12.2 Å². The van der Waals surface area contributed by atoms with Gasteiger partial charge >= 0.3 is 5.97 Å². The first-order valence-electron chi connectivity index (χ1n) is 7.27. The second-order valence-corrected chi connectivity index (χ2v) is 6.67. The molecule has 6 nitrogen and oxygen atoms in total. The minimum Gasteiger partial charge on any atom is -0.478 e. The minimum atomic E-state index is -2.66. The van der Waals surface area contributed by atoms with Crippen LogP contribution in [-0.2, 0) is 16.0 Å². The van der Waals surface area contributed by atoms with Crippen LogP contribution in [0.1, 0.15) is 32.3 Å². The number of nitrogens with two attached hydrogens (primary N) is 2. The van der Waals surface area contributed by atoms with Gasteiger partial charge in [-0.05, 0) is 30.5 Å². The zero-order valence-electron chi connectivity index (χ0n) is 13.3. The van der Waals surface area contributed by atoms with Crippen molar-refractivity contribution in [2.75, 3.05) is 0 Å². The molecule has 0 aliphatic heterocycles. The fourth-order valence-electron chi connectivity index (χ4n) is 2.28. The van der Waals surface area contributed by atoms with E-state index in [9.17, 15) is 14.7 Å². The largest absolute Gasteiger partial charge is 0.478 e. The second-order valence-electron chi connectivity index (χ2n) is 6.23. The summed E-state index contributed by atoms with van der Waals surface area (Å²) in [6.45, 7) is 2.98. The summed E-state index contributed by atoms with van der Waals surface area (Å²) >= 11 is 5.81. The van der Waals surface area contributed by atoms with Gasteiger partial charge in [-0.1, -0.05) is 37.6 Å². The Morgan fingerprint density at radius 3 is 2.26 bits per heavy atom. The predicted molar refractivity (Wildman–Crippen MR) is 87.9 cm³/mol. The number of aryl methyl sites for hydroxylation is 1. The number of hydrogen-bond acceptors (Lipinski definition) is 5. The molecular formula is C16H23ClN2O4. The highest BCUT2D eigenvalue weighted by molar-refractivity contribution is 6.30. The highest BCUT2D eigenvalue weighted by Crippen LogP contribution is 2.28. The SMILES string of the molecule is CC(C)(C(=O)CCCc1ccc(Cl)cc1)C(N)[C@](N)(O)C(=O)O. The summed E-state index contributed by atoms with van der Waals surface area (Å²) in [5.41, 5.74) is 8.19. The van der Waals surface area contributed by atoms with Crippen molar-refractivity contribution in [1.82, 2.24) is 0 Å². The third-order valence-electron chi connectivity index (χ3n) is 4.10. The van der Waals surface area contributed by atoms with Crippen molar-refractivity contribution in [1.29, 1.82) is 0 Å². The van der Waals surface area contributed by atoms with Crippen molar-refractivity contribution in [3.63, 3.8) is 0 Å². The number of hydrogen-bond donors (Lipinski definition) is 4. The normalized spacial score (nSPS) is 15.7. The first-order chi connectivity index (χ1) is 10.5. The number of carbonyl (C=O) groups is 2. The molecule has 0 aliphatic rings. The van der Waals surface area contributed by atoms with E-state index in [0.29, 0.717) is 17.9 Å². The number of carboxylic acid groups (broad SMARTS) is 1. The number of aliphatic carboxylic acids is 1. The summed E-state index contributed by atoms with van der Waals surface area (Å²) in [5, 5.41) is 19.3. The van der Waals surface area contributed by atoms with Crippen LogP contribution >= 0.6 is 11.6 Å². The fourth-order valence-corrected chi connectivity index (χ4v) is 2.41. The molecule has 23 heavy (non-hydrogen) atoms. The van der Waals surface area contributed by atoms with Crippen LogP contribution in [0.2, 0.25) is 5.02 Å². The number of halogens is 1. The van der Waals surface area contributed by atoms with Crippen LogP contribution < -0.4 is 11.5 Å². The molecule has 1 rings (SSSR count). The van der Waals surface area contributed by atoms with Gasteiger partial charge in [0.2, 0.25) is 5.72 Å². The highest BCUT2D eigenvalue weighted by Gasteiger charge is 2.49. The predicted octanol–water partition coefficient (Wildman–Crippen LogP) is 1.32. The standard InChI is InChI=1S/C16H23ClN2O4/c1-15(2,13(18)16(19,23)14(21)22)12(20)5-3-4-10-6-8-11(17)9-7-10/h6-9,13,23H,3-5,18-19H2,1-2H3,(H,21,22)/t13?,16-/m0/s1. The molecule has 0 aromatic heterocycles. The van der Waals surface area contributed by atoms with Crippen molar-refractivity contribution in [3.05, 3.63) is 34.9 Å². The van der Waals surface area contributed by atoms with Crippen molar-refractivity contribution in [3.8, 4) is 0 Å². The molecule has 0 aliphatic carbocycles. The molecule has 0 fully saturated rings. The maximum atomic E-state index is 12.4. The Hall–Kier alpha value is -1.47. The van der Waals surface area contributed by atoms with E-state index in [1.165, 1.54) is 13.8 Å². The topological polar surface area (TPSA) is 127 Å². The molecule has 0 spiro atoms. The van der Waals surface area contributed by atoms with Gasteiger partial charge in [0.1, 0.15) is 5.78 Å². The number of carbonyl (C=O) groups excluding carboxylic acids is 1. The van der Waals surface area contributed by atoms with E-state index < -0.39 is 23.2 Å². The summed E-state index contributed by atoms with van der Waals surface area (Å²) in [6.07, 6.45) is 1.46. The molecule has 0 heterocycles. The number of rotatable bonds is 8. The van der Waals surface area contributed by atoms with E-state index >= 15 is 0 Å². The van der Waals surface area contributed by atoms with Gasteiger partial charge in [0.05, 0.1) is 6.04 Å². The number of ketones is 1. The summed E-state index contributed by atoms with van der Waals surface area (Å²) in [7, 11) is 0. The van der Waals surface area contributed by atoms with Crippen LogP contribution in [0.5, 0.6) is 0 Å². The molecule has 2 atom stereocenters. The quantitative estimate of drug-likeness (QED) is 0.528. The molecule has 0 saturated carbocycles. The van der Waals surface area contributed by atoms with Gasteiger partial charge in [-0.3, -0.25) is 10.5 Å². The number of aliphatic hydroxyl groups is 1. The lowest BCUT2D eigenvalue weighted by Gasteiger charge is -2.37. The first-order valence-corrected chi connectivity index (χ1v) is 7.65. The molecule has 6 N–H and O–H groups in total. The molecule has 0 saturated heterocycles. The summed E-state index contributed by atoms with van der Waals surface area (Å²) in [5.74, 6) is -1.91. The zero-order chi connectivity index (χ0) is 17.8. The average molecular weight is 343 g/mol. The Balaban J connectivity index is 2.65. The van der Waals surface area contributed by atoms with Gasteiger partial charge in [0.25, 0.3) is 0 Å². The summed E-state index contributed by atoms with van der Waals surface area (Å²) in [6, 6.07) is 5.90. The van der Waals surface area contributed by atoms with Crippen molar-refractivity contribution in [2.24, 2.45) is 16.9 Å². The van der Waals surface area contributed by atoms with Crippen LogP contribution in [0.4, 0.5) is 0 Å². The Morgan fingerprint density at radius 1 is 1.26 bits per heavy atom. The molecule has 1 aromatic rings. The van der Waals surface area contributed by atoms with Crippen LogP contribution in [0.25, 0.3) is 0 Å². The molecule has 7 heteroatoms. The number of benzene rings is 1. The van der Waals surface area contributed by atoms with Crippen molar-refractivity contribution >= 4 is 23.4 Å².